The Morgan fingerprint density at radius 1 is 1.50 bits per heavy atom. The molecule has 2 rings (SSSR count). The van der Waals surface area contributed by atoms with Crippen LogP contribution in [0.4, 0.5) is 8.78 Å². The molecule has 2 heterocycles. The number of methoxy groups -OCH3 is 1. The number of aromatic nitrogens is 3. The Labute approximate surface area is 101 Å². The lowest BCUT2D eigenvalue weighted by molar-refractivity contribution is 0.00182. The number of carbonyl (C=O) groups is 1. The Morgan fingerprint density at radius 2 is 2.22 bits per heavy atom. The molecule has 0 saturated carbocycles. The molecule has 0 unspecified atom stereocenters. The van der Waals surface area contributed by atoms with Crippen LogP contribution >= 0.6 is 0 Å². The third-order valence-electron chi connectivity index (χ3n) is 2.35. The SMILES string of the molecule is COC(=O)c1cc2c(cn1)cnn2CC(C)(F)F. The molecule has 5 nitrogen and oxygen atoms in total. The van der Waals surface area contributed by atoms with Crippen LogP contribution in [-0.2, 0) is 11.3 Å². The second-order valence-corrected chi connectivity index (χ2v) is 3.99. The van der Waals surface area contributed by atoms with Gasteiger partial charge >= 0.3 is 5.97 Å². The second-order valence-electron chi connectivity index (χ2n) is 3.99. The average molecular weight is 255 g/mol. The molecule has 0 bridgehead atoms. The van der Waals surface area contributed by atoms with Gasteiger partial charge in [0, 0.05) is 18.5 Å². The lowest BCUT2D eigenvalue weighted by Gasteiger charge is -2.10. The fourth-order valence-corrected chi connectivity index (χ4v) is 1.58. The van der Waals surface area contributed by atoms with Crippen LogP contribution < -0.4 is 0 Å². The molecule has 96 valence electrons. The molecule has 7 heteroatoms. The van der Waals surface area contributed by atoms with Gasteiger partial charge in [0.1, 0.15) is 6.54 Å². The number of pyridine rings is 1. The Balaban J connectivity index is 2.46. The monoisotopic (exact) mass is 255 g/mol. The summed E-state index contributed by atoms with van der Waals surface area (Å²) in [5.41, 5.74) is 0.484. The summed E-state index contributed by atoms with van der Waals surface area (Å²) < 4.78 is 31.6. The number of ether oxygens (including phenoxy) is 1. The van der Waals surface area contributed by atoms with Crippen molar-refractivity contribution in [1.29, 1.82) is 0 Å². The van der Waals surface area contributed by atoms with Gasteiger partial charge < -0.3 is 4.74 Å². The van der Waals surface area contributed by atoms with Crippen molar-refractivity contribution in [2.45, 2.75) is 19.4 Å². The van der Waals surface area contributed by atoms with Crippen molar-refractivity contribution in [1.82, 2.24) is 14.8 Å². The molecular weight excluding hydrogens is 244 g/mol. The summed E-state index contributed by atoms with van der Waals surface area (Å²) >= 11 is 0. The molecule has 0 spiro atoms. The van der Waals surface area contributed by atoms with Gasteiger partial charge in [-0.05, 0) is 6.07 Å². The summed E-state index contributed by atoms with van der Waals surface area (Å²) in [5, 5.41) is 4.44. The molecule has 0 aromatic carbocycles. The smallest absolute Gasteiger partial charge is 0.356 e. The highest BCUT2D eigenvalue weighted by atomic mass is 19.3. The first-order chi connectivity index (χ1) is 8.40. The van der Waals surface area contributed by atoms with Gasteiger partial charge in [0.05, 0.1) is 18.8 Å². The zero-order chi connectivity index (χ0) is 13.3. The molecule has 0 amide bonds. The fourth-order valence-electron chi connectivity index (χ4n) is 1.58. The van der Waals surface area contributed by atoms with Crippen molar-refractivity contribution in [2.24, 2.45) is 0 Å². The van der Waals surface area contributed by atoms with E-state index in [2.05, 4.69) is 14.8 Å². The number of carbonyl (C=O) groups excluding carboxylic acids is 1. The molecule has 0 radical (unpaired) electrons. The third kappa shape index (κ3) is 2.44. The Morgan fingerprint density at radius 3 is 2.83 bits per heavy atom. The van der Waals surface area contributed by atoms with Crippen molar-refractivity contribution in [3.05, 3.63) is 24.2 Å². The van der Waals surface area contributed by atoms with Gasteiger partial charge in [0.2, 0.25) is 0 Å². The zero-order valence-corrected chi connectivity index (χ0v) is 9.85. The van der Waals surface area contributed by atoms with Crippen LogP contribution in [0.3, 0.4) is 0 Å². The normalized spacial score (nSPS) is 11.8. The molecule has 0 aliphatic rings. The van der Waals surface area contributed by atoms with Crippen LogP contribution in [0.15, 0.2) is 18.5 Å². The highest BCUT2D eigenvalue weighted by molar-refractivity contribution is 5.91. The molecule has 0 N–H and O–H groups in total. The molecule has 0 aliphatic heterocycles. The van der Waals surface area contributed by atoms with Crippen LogP contribution in [0.5, 0.6) is 0 Å². The molecule has 0 fully saturated rings. The van der Waals surface area contributed by atoms with E-state index < -0.39 is 18.4 Å². The predicted molar refractivity (Wildman–Crippen MR) is 59.5 cm³/mol. The third-order valence-corrected chi connectivity index (χ3v) is 2.35. The van der Waals surface area contributed by atoms with E-state index in [0.717, 1.165) is 11.6 Å². The van der Waals surface area contributed by atoms with Crippen LogP contribution in [0, 0.1) is 0 Å². The van der Waals surface area contributed by atoms with Crippen molar-refractivity contribution >= 4 is 16.9 Å². The molecule has 0 saturated heterocycles. The second kappa shape index (κ2) is 4.32. The van der Waals surface area contributed by atoms with Crippen LogP contribution in [0.2, 0.25) is 0 Å². The summed E-state index contributed by atoms with van der Waals surface area (Å²) in [6, 6.07) is 1.39. The number of hydrogen-bond acceptors (Lipinski definition) is 4. The highest BCUT2D eigenvalue weighted by Gasteiger charge is 2.23. The zero-order valence-electron chi connectivity index (χ0n) is 9.85. The lowest BCUT2D eigenvalue weighted by Crippen LogP contribution is -2.20. The number of nitrogens with zero attached hydrogens (tertiary/aromatic N) is 3. The predicted octanol–water partition coefficient (Wildman–Crippen LogP) is 1.87. The van der Waals surface area contributed by atoms with E-state index in [9.17, 15) is 13.6 Å². The summed E-state index contributed by atoms with van der Waals surface area (Å²) in [5.74, 6) is -3.50. The molecule has 0 aliphatic carbocycles. The maximum Gasteiger partial charge on any atom is 0.356 e. The minimum absolute atomic E-state index is 0.0613. The quantitative estimate of drug-likeness (QED) is 0.786. The Hall–Kier alpha value is -2.05. The molecule has 18 heavy (non-hydrogen) atoms. The highest BCUT2D eigenvalue weighted by Crippen LogP contribution is 2.19. The minimum Gasteiger partial charge on any atom is -0.464 e. The van der Waals surface area contributed by atoms with E-state index in [0.29, 0.717) is 10.9 Å². The van der Waals surface area contributed by atoms with E-state index in [1.165, 1.54) is 25.6 Å². The van der Waals surface area contributed by atoms with Crippen LogP contribution in [0.1, 0.15) is 17.4 Å². The first kappa shape index (κ1) is 12.4. The number of hydrogen-bond donors (Lipinski definition) is 0. The number of esters is 1. The first-order valence-corrected chi connectivity index (χ1v) is 5.18. The van der Waals surface area contributed by atoms with Gasteiger partial charge in [-0.25, -0.2) is 18.6 Å². The van der Waals surface area contributed by atoms with Crippen LogP contribution in [-0.4, -0.2) is 33.8 Å². The molecule has 2 aromatic heterocycles. The maximum atomic E-state index is 13.0. The van der Waals surface area contributed by atoms with Gasteiger partial charge in [0.25, 0.3) is 5.92 Å². The lowest BCUT2D eigenvalue weighted by atomic mass is 10.2. The summed E-state index contributed by atoms with van der Waals surface area (Å²) in [6.07, 6.45) is 2.83. The Kier molecular flexibility index (Phi) is 2.98. The van der Waals surface area contributed by atoms with E-state index in [1.807, 2.05) is 0 Å². The van der Waals surface area contributed by atoms with Gasteiger partial charge in [-0.1, -0.05) is 0 Å². The van der Waals surface area contributed by atoms with E-state index in [4.69, 9.17) is 0 Å². The molecular formula is C11H11F2N3O2. The Bertz CT molecular complexity index is 589. The molecule has 0 atom stereocenters. The summed E-state index contributed by atoms with van der Waals surface area (Å²) in [4.78, 5) is 15.2. The topological polar surface area (TPSA) is 57.0 Å². The van der Waals surface area contributed by atoms with E-state index in [1.54, 1.807) is 0 Å². The fraction of sp³-hybridized carbons (Fsp3) is 0.364. The van der Waals surface area contributed by atoms with Gasteiger partial charge in [0.15, 0.2) is 5.69 Å². The van der Waals surface area contributed by atoms with Gasteiger partial charge in [-0.15, -0.1) is 0 Å². The number of alkyl halides is 2. The van der Waals surface area contributed by atoms with Crippen molar-refractivity contribution in [2.75, 3.05) is 7.11 Å². The van der Waals surface area contributed by atoms with E-state index >= 15 is 0 Å². The minimum atomic E-state index is -2.88. The van der Waals surface area contributed by atoms with Crippen LogP contribution in [0.25, 0.3) is 10.9 Å². The summed E-state index contributed by atoms with van der Waals surface area (Å²) in [7, 11) is 1.23. The van der Waals surface area contributed by atoms with E-state index in [-0.39, 0.29) is 5.69 Å². The van der Waals surface area contributed by atoms with Gasteiger partial charge in [-0.2, -0.15) is 5.10 Å². The molecule has 2 aromatic rings. The van der Waals surface area contributed by atoms with Gasteiger partial charge in [-0.3, -0.25) is 4.68 Å². The average Bonchev–Trinajstić information content (AvgIpc) is 2.68. The number of fused-ring (bicyclic) bond motifs is 1. The summed E-state index contributed by atoms with van der Waals surface area (Å²) in [6.45, 7) is 0.254. The number of rotatable bonds is 3. The standard InChI is InChI=1S/C11H11F2N3O2/c1-11(12,13)6-16-9-3-8(10(17)18-2)14-4-7(9)5-15-16/h3-5H,6H2,1-2H3. The first-order valence-electron chi connectivity index (χ1n) is 5.18. The van der Waals surface area contributed by atoms with Crippen molar-refractivity contribution < 1.29 is 18.3 Å². The maximum absolute atomic E-state index is 13.0. The number of halogens is 2. The van der Waals surface area contributed by atoms with Crippen molar-refractivity contribution in [3.8, 4) is 0 Å². The largest absolute Gasteiger partial charge is 0.464 e. The van der Waals surface area contributed by atoms with Crippen molar-refractivity contribution in [3.63, 3.8) is 0 Å².